The molecule has 1 unspecified atom stereocenters. The maximum absolute atomic E-state index is 12.0. The van der Waals surface area contributed by atoms with Crippen molar-refractivity contribution in [3.8, 4) is 0 Å². The van der Waals surface area contributed by atoms with Crippen molar-refractivity contribution in [2.75, 3.05) is 26.2 Å². The molecule has 0 aromatic carbocycles. The lowest BCUT2D eigenvalue weighted by molar-refractivity contribution is -0.146. The molecule has 116 valence electrons. The molecule has 1 saturated carbocycles. The molecule has 0 radical (unpaired) electrons. The Labute approximate surface area is 123 Å². The molecular formula is C16H30N2O2. The number of piperidine rings is 1. The molecule has 1 aliphatic carbocycles. The maximum Gasteiger partial charge on any atom is 0.324 e. The van der Waals surface area contributed by atoms with Gasteiger partial charge in [-0.05, 0) is 51.6 Å². The fourth-order valence-electron chi connectivity index (χ4n) is 3.10. The van der Waals surface area contributed by atoms with Crippen LogP contribution in [-0.2, 0) is 9.53 Å². The van der Waals surface area contributed by atoms with E-state index < -0.39 is 0 Å². The molecule has 2 rings (SSSR count). The Morgan fingerprint density at radius 2 is 1.95 bits per heavy atom. The summed E-state index contributed by atoms with van der Waals surface area (Å²) in [5.74, 6) is 0.823. The van der Waals surface area contributed by atoms with Crippen molar-refractivity contribution in [1.29, 1.82) is 0 Å². The van der Waals surface area contributed by atoms with Crippen LogP contribution in [0, 0.1) is 5.92 Å². The molecule has 4 nitrogen and oxygen atoms in total. The zero-order valence-corrected chi connectivity index (χ0v) is 13.1. The standard InChI is InChI=1S/C16H30N2O2/c1-3-5-13-8-10-18(11-9-13)12-15(16(19)20-4-2)17-14-6-7-14/h13-15,17H,3-12H2,1-2H3. The third kappa shape index (κ3) is 5.06. The number of nitrogens with one attached hydrogen (secondary N) is 1. The van der Waals surface area contributed by atoms with Crippen molar-refractivity contribution >= 4 is 5.97 Å². The SMILES string of the molecule is CCCC1CCN(CC(NC2CC2)C(=O)OCC)CC1. The number of ether oxygens (including phenoxy) is 1. The van der Waals surface area contributed by atoms with Crippen molar-refractivity contribution in [2.24, 2.45) is 5.92 Å². The fraction of sp³-hybridized carbons (Fsp3) is 0.938. The van der Waals surface area contributed by atoms with Crippen LogP contribution in [0.25, 0.3) is 0 Å². The highest BCUT2D eigenvalue weighted by Crippen LogP contribution is 2.23. The van der Waals surface area contributed by atoms with Gasteiger partial charge in [0.25, 0.3) is 0 Å². The first-order valence-corrected chi connectivity index (χ1v) is 8.38. The lowest BCUT2D eigenvalue weighted by atomic mass is 9.92. The van der Waals surface area contributed by atoms with Gasteiger partial charge in [0.2, 0.25) is 0 Å². The fourth-order valence-corrected chi connectivity index (χ4v) is 3.10. The van der Waals surface area contributed by atoms with Crippen molar-refractivity contribution in [3.05, 3.63) is 0 Å². The van der Waals surface area contributed by atoms with Crippen LogP contribution in [0.4, 0.5) is 0 Å². The average Bonchev–Trinajstić information content (AvgIpc) is 3.25. The lowest BCUT2D eigenvalue weighted by Crippen LogP contribution is -2.49. The number of carbonyl (C=O) groups is 1. The van der Waals surface area contributed by atoms with E-state index in [1.165, 1.54) is 38.5 Å². The summed E-state index contributed by atoms with van der Waals surface area (Å²) in [7, 11) is 0. The predicted octanol–water partition coefficient (Wildman–Crippen LogP) is 2.18. The van der Waals surface area contributed by atoms with E-state index in [-0.39, 0.29) is 12.0 Å². The highest BCUT2D eigenvalue weighted by atomic mass is 16.5. The number of nitrogens with zero attached hydrogens (tertiary/aromatic N) is 1. The topological polar surface area (TPSA) is 41.6 Å². The Bertz CT molecular complexity index is 297. The van der Waals surface area contributed by atoms with Gasteiger partial charge in [-0.2, -0.15) is 0 Å². The van der Waals surface area contributed by atoms with Gasteiger partial charge in [-0.3, -0.25) is 4.79 Å². The normalized spacial score (nSPS) is 22.7. The second-order valence-corrected chi connectivity index (χ2v) is 6.28. The molecule has 20 heavy (non-hydrogen) atoms. The van der Waals surface area contributed by atoms with Crippen LogP contribution in [-0.4, -0.2) is 49.2 Å². The van der Waals surface area contributed by atoms with E-state index >= 15 is 0 Å². The van der Waals surface area contributed by atoms with Gasteiger partial charge in [-0.15, -0.1) is 0 Å². The van der Waals surface area contributed by atoms with Crippen LogP contribution < -0.4 is 5.32 Å². The summed E-state index contributed by atoms with van der Waals surface area (Å²) >= 11 is 0. The number of likely N-dealkylation sites (tertiary alicyclic amines) is 1. The van der Waals surface area contributed by atoms with E-state index in [9.17, 15) is 4.79 Å². The summed E-state index contributed by atoms with van der Waals surface area (Å²) in [5, 5.41) is 3.44. The molecule has 0 amide bonds. The zero-order chi connectivity index (χ0) is 14.4. The molecule has 4 heteroatoms. The van der Waals surface area contributed by atoms with E-state index in [1.54, 1.807) is 0 Å². The minimum Gasteiger partial charge on any atom is -0.465 e. The second kappa shape index (κ2) is 7.99. The molecule has 2 fully saturated rings. The van der Waals surface area contributed by atoms with Gasteiger partial charge in [-0.25, -0.2) is 0 Å². The maximum atomic E-state index is 12.0. The van der Waals surface area contributed by atoms with Gasteiger partial charge in [0.1, 0.15) is 6.04 Å². The average molecular weight is 282 g/mol. The molecule has 0 aromatic rings. The van der Waals surface area contributed by atoms with E-state index in [0.29, 0.717) is 12.6 Å². The summed E-state index contributed by atoms with van der Waals surface area (Å²) in [5.41, 5.74) is 0. The van der Waals surface area contributed by atoms with Crippen LogP contribution in [0.3, 0.4) is 0 Å². The van der Waals surface area contributed by atoms with E-state index in [4.69, 9.17) is 4.74 Å². The third-order valence-electron chi connectivity index (χ3n) is 4.43. The molecule has 1 atom stereocenters. The van der Waals surface area contributed by atoms with Gasteiger partial charge in [0, 0.05) is 12.6 Å². The quantitative estimate of drug-likeness (QED) is 0.693. The lowest BCUT2D eigenvalue weighted by Gasteiger charge is -2.33. The van der Waals surface area contributed by atoms with Gasteiger partial charge < -0.3 is 15.0 Å². The van der Waals surface area contributed by atoms with E-state index in [2.05, 4.69) is 17.1 Å². The Kier molecular flexibility index (Phi) is 6.30. The van der Waals surface area contributed by atoms with Gasteiger partial charge >= 0.3 is 5.97 Å². The number of hydrogen-bond acceptors (Lipinski definition) is 4. The number of carbonyl (C=O) groups excluding carboxylic acids is 1. The second-order valence-electron chi connectivity index (χ2n) is 6.28. The molecule has 1 saturated heterocycles. The molecular weight excluding hydrogens is 252 g/mol. The van der Waals surface area contributed by atoms with Crippen LogP contribution in [0.2, 0.25) is 0 Å². The highest BCUT2D eigenvalue weighted by Gasteiger charge is 2.31. The van der Waals surface area contributed by atoms with Crippen molar-refractivity contribution in [1.82, 2.24) is 10.2 Å². The van der Waals surface area contributed by atoms with Crippen LogP contribution >= 0.6 is 0 Å². The van der Waals surface area contributed by atoms with Crippen molar-refractivity contribution in [3.63, 3.8) is 0 Å². The van der Waals surface area contributed by atoms with Crippen LogP contribution in [0.15, 0.2) is 0 Å². The third-order valence-corrected chi connectivity index (χ3v) is 4.43. The van der Waals surface area contributed by atoms with Crippen molar-refractivity contribution < 1.29 is 9.53 Å². The van der Waals surface area contributed by atoms with Crippen molar-refractivity contribution in [2.45, 2.75) is 64.5 Å². The largest absolute Gasteiger partial charge is 0.465 e. The Morgan fingerprint density at radius 1 is 1.25 bits per heavy atom. The first-order chi connectivity index (χ1) is 9.72. The molecule has 1 heterocycles. The Balaban J connectivity index is 1.77. The molecule has 1 aliphatic heterocycles. The Hall–Kier alpha value is -0.610. The first-order valence-electron chi connectivity index (χ1n) is 8.38. The summed E-state index contributed by atoms with van der Waals surface area (Å²) in [6, 6.07) is 0.409. The summed E-state index contributed by atoms with van der Waals surface area (Å²) in [4.78, 5) is 14.5. The highest BCUT2D eigenvalue weighted by molar-refractivity contribution is 5.76. The monoisotopic (exact) mass is 282 g/mol. The minimum atomic E-state index is -0.134. The van der Waals surface area contributed by atoms with Gasteiger partial charge in [0.15, 0.2) is 0 Å². The first kappa shape index (κ1) is 15.8. The van der Waals surface area contributed by atoms with E-state index in [1.807, 2.05) is 6.92 Å². The number of rotatable bonds is 8. The smallest absolute Gasteiger partial charge is 0.324 e. The molecule has 0 aromatic heterocycles. The molecule has 1 N–H and O–H groups in total. The van der Waals surface area contributed by atoms with Crippen LogP contribution in [0.5, 0.6) is 0 Å². The van der Waals surface area contributed by atoms with Gasteiger partial charge in [0.05, 0.1) is 6.61 Å². The predicted molar refractivity (Wildman–Crippen MR) is 80.7 cm³/mol. The summed E-state index contributed by atoms with van der Waals surface area (Å²) in [6.45, 7) is 7.69. The Morgan fingerprint density at radius 3 is 2.50 bits per heavy atom. The summed E-state index contributed by atoms with van der Waals surface area (Å²) in [6.07, 6.45) is 7.62. The zero-order valence-electron chi connectivity index (χ0n) is 13.1. The molecule has 0 bridgehead atoms. The molecule has 2 aliphatic rings. The minimum absolute atomic E-state index is 0.0740. The molecule has 0 spiro atoms. The van der Waals surface area contributed by atoms with Crippen LogP contribution in [0.1, 0.15) is 52.4 Å². The van der Waals surface area contributed by atoms with E-state index in [0.717, 1.165) is 25.6 Å². The number of esters is 1. The van der Waals surface area contributed by atoms with Gasteiger partial charge in [-0.1, -0.05) is 19.8 Å². The number of hydrogen-bond donors (Lipinski definition) is 1. The summed E-state index contributed by atoms with van der Waals surface area (Å²) < 4.78 is 5.21.